The number of ether oxygens (including phenoxy) is 1. The fraction of sp³-hybridized carbons (Fsp3) is 0.222. The van der Waals surface area contributed by atoms with Crippen molar-refractivity contribution >= 4 is 11.9 Å². The first-order valence-electron chi connectivity index (χ1n) is 7.49. The summed E-state index contributed by atoms with van der Waals surface area (Å²) in [6.45, 7) is 0. The molecule has 2 rings (SSSR count). The van der Waals surface area contributed by atoms with Gasteiger partial charge < -0.3 is 15.2 Å². The van der Waals surface area contributed by atoms with E-state index in [9.17, 15) is 23.5 Å². The van der Waals surface area contributed by atoms with Gasteiger partial charge in [-0.05, 0) is 23.8 Å². The van der Waals surface area contributed by atoms with Crippen molar-refractivity contribution in [2.24, 2.45) is 0 Å². The molecule has 2 aromatic carbocycles. The van der Waals surface area contributed by atoms with Crippen molar-refractivity contribution in [1.82, 2.24) is 5.32 Å². The second kappa shape index (κ2) is 8.23. The summed E-state index contributed by atoms with van der Waals surface area (Å²) in [5, 5.41) is 11.6. The summed E-state index contributed by atoms with van der Waals surface area (Å²) in [5.41, 5.74) is 0.191. The average molecular weight is 349 g/mol. The van der Waals surface area contributed by atoms with Crippen LogP contribution in [0.5, 0.6) is 5.75 Å². The molecule has 2 aromatic rings. The lowest BCUT2D eigenvalue weighted by atomic mass is 10.0. The summed E-state index contributed by atoms with van der Waals surface area (Å²) in [4.78, 5) is 23.5. The molecule has 132 valence electrons. The number of methoxy groups -OCH3 is 1. The number of carboxylic acids is 1. The molecule has 2 N–H and O–H groups in total. The van der Waals surface area contributed by atoms with Crippen molar-refractivity contribution in [3.05, 3.63) is 65.2 Å². The third kappa shape index (κ3) is 4.76. The third-order valence-corrected chi connectivity index (χ3v) is 3.65. The van der Waals surface area contributed by atoms with Crippen LogP contribution in [0.15, 0.2) is 42.5 Å². The Morgan fingerprint density at radius 2 is 1.76 bits per heavy atom. The fourth-order valence-electron chi connectivity index (χ4n) is 2.40. The van der Waals surface area contributed by atoms with Gasteiger partial charge in [0.1, 0.15) is 23.4 Å². The van der Waals surface area contributed by atoms with Crippen molar-refractivity contribution < 1.29 is 28.2 Å². The number of rotatable bonds is 7. The van der Waals surface area contributed by atoms with Crippen LogP contribution in [-0.2, 0) is 22.4 Å². The zero-order valence-electron chi connectivity index (χ0n) is 13.5. The number of benzene rings is 2. The molecule has 0 radical (unpaired) electrons. The maximum atomic E-state index is 13.6. The van der Waals surface area contributed by atoms with E-state index in [0.717, 1.165) is 12.1 Å². The first-order chi connectivity index (χ1) is 11.9. The van der Waals surface area contributed by atoms with E-state index in [1.807, 2.05) is 0 Å². The van der Waals surface area contributed by atoms with E-state index in [2.05, 4.69) is 5.32 Å². The third-order valence-electron chi connectivity index (χ3n) is 3.65. The number of amides is 1. The molecule has 1 atom stereocenters. The number of halogens is 2. The lowest BCUT2D eigenvalue weighted by molar-refractivity contribution is -0.141. The minimum absolute atomic E-state index is 0.0230. The molecule has 0 aromatic heterocycles. The molecular weight excluding hydrogens is 332 g/mol. The lowest BCUT2D eigenvalue weighted by Gasteiger charge is -2.16. The highest BCUT2D eigenvalue weighted by Gasteiger charge is 2.23. The van der Waals surface area contributed by atoms with Gasteiger partial charge in [-0.3, -0.25) is 4.79 Å². The molecule has 0 saturated carbocycles. The molecule has 0 aliphatic rings. The number of hydrogen-bond donors (Lipinski definition) is 2. The van der Waals surface area contributed by atoms with Crippen LogP contribution >= 0.6 is 0 Å². The maximum absolute atomic E-state index is 13.6. The molecule has 1 amide bonds. The van der Waals surface area contributed by atoms with Gasteiger partial charge in [-0.1, -0.05) is 24.3 Å². The molecule has 0 aliphatic carbocycles. The fourth-order valence-corrected chi connectivity index (χ4v) is 2.40. The molecule has 7 heteroatoms. The van der Waals surface area contributed by atoms with Crippen LogP contribution in [0.4, 0.5) is 8.78 Å². The van der Waals surface area contributed by atoms with E-state index >= 15 is 0 Å². The molecule has 0 heterocycles. The van der Waals surface area contributed by atoms with Gasteiger partial charge in [0.05, 0.1) is 13.5 Å². The highest BCUT2D eigenvalue weighted by atomic mass is 19.1. The highest BCUT2D eigenvalue weighted by Crippen LogP contribution is 2.19. The molecule has 0 spiro atoms. The Morgan fingerprint density at radius 3 is 2.36 bits per heavy atom. The van der Waals surface area contributed by atoms with E-state index in [4.69, 9.17) is 4.74 Å². The van der Waals surface area contributed by atoms with Crippen LogP contribution in [0.1, 0.15) is 11.1 Å². The Bertz CT molecular complexity index is 759. The zero-order chi connectivity index (χ0) is 18.4. The second-order valence-corrected chi connectivity index (χ2v) is 5.35. The SMILES string of the molecule is COc1ccccc1C[C@@H](NC(=O)Cc1c(F)cccc1F)C(=O)O. The predicted molar refractivity (Wildman–Crippen MR) is 86.3 cm³/mol. The summed E-state index contributed by atoms with van der Waals surface area (Å²) < 4.78 is 32.4. The van der Waals surface area contributed by atoms with Crippen LogP contribution in [-0.4, -0.2) is 30.1 Å². The molecule has 0 aliphatic heterocycles. The Labute approximate surface area is 143 Å². The number of carboxylic acid groups (broad SMARTS) is 1. The van der Waals surface area contributed by atoms with Crippen molar-refractivity contribution in [1.29, 1.82) is 0 Å². The van der Waals surface area contributed by atoms with Crippen LogP contribution in [0.2, 0.25) is 0 Å². The number of carbonyl (C=O) groups excluding carboxylic acids is 1. The van der Waals surface area contributed by atoms with Crippen LogP contribution in [0.3, 0.4) is 0 Å². The van der Waals surface area contributed by atoms with Gasteiger partial charge >= 0.3 is 5.97 Å². The van der Waals surface area contributed by atoms with Crippen molar-refractivity contribution in [2.75, 3.05) is 7.11 Å². The van der Waals surface area contributed by atoms with Crippen molar-refractivity contribution in [3.63, 3.8) is 0 Å². The summed E-state index contributed by atoms with van der Waals surface area (Å²) in [5.74, 6) is -3.26. The van der Waals surface area contributed by atoms with Crippen molar-refractivity contribution in [3.8, 4) is 5.75 Å². The Balaban J connectivity index is 2.11. The average Bonchev–Trinajstić information content (AvgIpc) is 2.58. The quantitative estimate of drug-likeness (QED) is 0.804. The molecule has 0 saturated heterocycles. The van der Waals surface area contributed by atoms with Gasteiger partial charge in [0.25, 0.3) is 0 Å². The maximum Gasteiger partial charge on any atom is 0.326 e. The summed E-state index contributed by atoms with van der Waals surface area (Å²) >= 11 is 0. The largest absolute Gasteiger partial charge is 0.496 e. The van der Waals surface area contributed by atoms with E-state index in [1.54, 1.807) is 24.3 Å². The molecule has 0 unspecified atom stereocenters. The first kappa shape index (κ1) is 18.4. The summed E-state index contributed by atoms with van der Waals surface area (Å²) in [7, 11) is 1.45. The van der Waals surface area contributed by atoms with Crippen LogP contribution in [0.25, 0.3) is 0 Å². The topological polar surface area (TPSA) is 75.6 Å². The van der Waals surface area contributed by atoms with Gasteiger partial charge in [0.2, 0.25) is 5.91 Å². The van der Waals surface area contributed by atoms with E-state index in [1.165, 1.54) is 13.2 Å². The van der Waals surface area contributed by atoms with Crippen LogP contribution in [0, 0.1) is 11.6 Å². The summed E-state index contributed by atoms with van der Waals surface area (Å²) in [6, 6.07) is 8.81. The number of hydrogen-bond acceptors (Lipinski definition) is 3. The number of aliphatic carboxylic acids is 1. The van der Waals surface area contributed by atoms with Gasteiger partial charge in [0.15, 0.2) is 0 Å². The number of carbonyl (C=O) groups is 2. The molecule has 0 fully saturated rings. The highest BCUT2D eigenvalue weighted by molar-refractivity contribution is 5.85. The Hall–Kier alpha value is -2.96. The van der Waals surface area contributed by atoms with Gasteiger partial charge in [-0.2, -0.15) is 0 Å². The van der Waals surface area contributed by atoms with Gasteiger partial charge in [-0.25, -0.2) is 13.6 Å². The lowest BCUT2D eigenvalue weighted by Crippen LogP contribution is -2.43. The normalized spacial score (nSPS) is 11.6. The zero-order valence-corrected chi connectivity index (χ0v) is 13.5. The molecule has 0 bridgehead atoms. The minimum atomic E-state index is -1.26. The molecule has 25 heavy (non-hydrogen) atoms. The van der Waals surface area contributed by atoms with E-state index in [0.29, 0.717) is 11.3 Å². The van der Waals surface area contributed by atoms with Crippen molar-refractivity contribution in [2.45, 2.75) is 18.9 Å². The van der Waals surface area contributed by atoms with Gasteiger partial charge in [0, 0.05) is 12.0 Å². The van der Waals surface area contributed by atoms with E-state index < -0.39 is 41.5 Å². The molecule has 5 nitrogen and oxygen atoms in total. The second-order valence-electron chi connectivity index (χ2n) is 5.35. The standard InChI is InChI=1S/C18H17F2NO4/c1-25-16-8-3-2-5-11(16)9-15(18(23)24)21-17(22)10-12-13(19)6-4-7-14(12)20/h2-8,15H,9-10H2,1H3,(H,21,22)(H,23,24)/t15-/m1/s1. The van der Waals surface area contributed by atoms with Gasteiger partial charge in [-0.15, -0.1) is 0 Å². The Morgan fingerprint density at radius 1 is 1.12 bits per heavy atom. The number of para-hydroxylation sites is 1. The monoisotopic (exact) mass is 349 g/mol. The van der Waals surface area contributed by atoms with Crippen LogP contribution < -0.4 is 10.1 Å². The van der Waals surface area contributed by atoms with E-state index in [-0.39, 0.29) is 6.42 Å². The predicted octanol–water partition coefficient (Wildman–Crippen LogP) is 2.33. The molecular formula is C18H17F2NO4. The Kier molecular flexibility index (Phi) is 6.05. The smallest absolute Gasteiger partial charge is 0.326 e. The summed E-state index contributed by atoms with van der Waals surface area (Å²) in [6.07, 6.45) is -0.612. The first-order valence-corrected chi connectivity index (χ1v) is 7.49. The number of nitrogens with one attached hydrogen (secondary N) is 1. The minimum Gasteiger partial charge on any atom is -0.496 e.